The van der Waals surface area contributed by atoms with Gasteiger partial charge in [-0.15, -0.1) is 0 Å². The number of para-hydroxylation sites is 1. The molecule has 1 heterocycles. The van der Waals surface area contributed by atoms with Gasteiger partial charge in [0.25, 0.3) is 0 Å². The molecule has 1 aliphatic rings. The number of amides is 1. The van der Waals surface area contributed by atoms with E-state index in [1.807, 2.05) is 72.8 Å². The number of anilines is 2. The van der Waals surface area contributed by atoms with Crippen LogP contribution in [0.2, 0.25) is 5.02 Å². The second-order valence-electron chi connectivity index (χ2n) is 5.65. The molecular weight excluding hydrogens is 336 g/mol. The van der Waals surface area contributed by atoms with Crippen molar-refractivity contribution in [3.8, 4) is 0 Å². The fraction of sp³-hybridized carbons (Fsp3) is 0.0500. The lowest BCUT2D eigenvalue weighted by atomic mass is 10.1. The highest BCUT2D eigenvalue weighted by Gasteiger charge is 2.42. The average molecular weight is 351 g/mol. The molecule has 0 aromatic heterocycles. The Morgan fingerprint density at radius 2 is 1.36 bits per heavy atom. The Morgan fingerprint density at radius 1 is 0.760 bits per heavy atom. The van der Waals surface area contributed by atoms with E-state index in [0.29, 0.717) is 5.02 Å². The van der Waals surface area contributed by atoms with Crippen LogP contribution >= 0.6 is 11.6 Å². The van der Waals surface area contributed by atoms with Crippen molar-refractivity contribution < 1.29 is 9.63 Å². The van der Waals surface area contributed by atoms with Crippen LogP contribution in [0.4, 0.5) is 16.2 Å². The molecule has 1 amide bonds. The van der Waals surface area contributed by atoms with Crippen LogP contribution in [0, 0.1) is 0 Å². The van der Waals surface area contributed by atoms with Gasteiger partial charge in [-0.3, -0.25) is 0 Å². The average Bonchev–Trinajstić information content (AvgIpc) is 3.01. The van der Waals surface area contributed by atoms with Crippen molar-refractivity contribution in [3.05, 3.63) is 95.5 Å². The van der Waals surface area contributed by atoms with E-state index in [9.17, 15) is 4.79 Å². The van der Waals surface area contributed by atoms with E-state index in [4.69, 9.17) is 16.4 Å². The van der Waals surface area contributed by atoms with E-state index in [1.54, 1.807) is 22.1 Å². The normalized spacial score (nSPS) is 16.8. The molecule has 4 rings (SSSR count). The van der Waals surface area contributed by atoms with Crippen molar-refractivity contribution in [3.63, 3.8) is 0 Å². The van der Waals surface area contributed by atoms with Crippen LogP contribution in [-0.4, -0.2) is 6.09 Å². The Morgan fingerprint density at radius 3 is 2.00 bits per heavy atom. The standard InChI is InChI=1S/C20H15ClN2O2/c21-16-11-13-17(14-12-16)22-19(15-7-3-1-4-8-15)23(25-20(22)24)18-9-5-2-6-10-18/h1-14,19H/t19-/m1/s1. The van der Waals surface area contributed by atoms with Gasteiger partial charge in [0.15, 0.2) is 6.17 Å². The second kappa shape index (κ2) is 6.49. The molecule has 0 bridgehead atoms. The minimum absolute atomic E-state index is 0.405. The van der Waals surface area contributed by atoms with Gasteiger partial charge in [0, 0.05) is 10.7 Å². The van der Waals surface area contributed by atoms with Crippen molar-refractivity contribution in [2.45, 2.75) is 6.17 Å². The summed E-state index contributed by atoms with van der Waals surface area (Å²) < 4.78 is 0. The first kappa shape index (κ1) is 15.5. The summed E-state index contributed by atoms with van der Waals surface area (Å²) in [6.07, 6.45) is -0.836. The number of halogens is 1. The zero-order valence-corrected chi connectivity index (χ0v) is 14.0. The van der Waals surface area contributed by atoms with E-state index in [2.05, 4.69) is 0 Å². The monoisotopic (exact) mass is 350 g/mol. The van der Waals surface area contributed by atoms with Crippen molar-refractivity contribution in [2.75, 3.05) is 9.96 Å². The summed E-state index contributed by atoms with van der Waals surface area (Å²) in [6, 6.07) is 26.5. The third-order valence-electron chi connectivity index (χ3n) is 4.05. The molecule has 1 saturated heterocycles. The van der Waals surface area contributed by atoms with Gasteiger partial charge in [0.05, 0.1) is 5.69 Å². The molecule has 0 saturated carbocycles. The van der Waals surface area contributed by atoms with Gasteiger partial charge in [-0.1, -0.05) is 60.1 Å². The molecule has 25 heavy (non-hydrogen) atoms. The van der Waals surface area contributed by atoms with Crippen molar-refractivity contribution in [1.82, 2.24) is 0 Å². The molecule has 0 aliphatic carbocycles. The van der Waals surface area contributed by atoms with Crippen LogP contribution < -0.4 is 9.96 Å². The molecule has 1 atom stereocenters. The highest BCUT2D eigenvalue weighted by Crippen LogP contribution is 2.39. The number of hydrogen-bond donors (Lipinski definition) is 0. The number of hydroxylamine groups is 1. The first-order valence-electron chi connectivity index (χ1n) is 7.90. The smallest absolute Gasteiger partial charge is 0.319 e. The van der Waals surface area contributed by atoms with Crippen LogP contribution in [0.25, 0.3) is 0 Å². The van der Waals surface area contributed by atoms with E-state index >= 15 is 0 Å². The SMILES string of the molecule is O=C1ON(c2ccccc2)[C@H](c2ccccc2)N1c1ccc(Cl)cc1. The number of hydrogen-bond acceptors (Lipinski definition) is 3. The molecule has 3 aromatic rings. The first-order valence-corrected chi connectivity index (χ1v) is 8.28. The third kappa shape index (κ3) is 2.92. The Balaban J connectivity index is 1.82. The third-order valence-corrected chi connectivity index (χ3v) is 4.30. The maximum Gasteiger partial charge on any atom is 0.440 e. The molecule has 124 valence electrons. The lowest BCUT2D eigenvalue weighted by Crippen LogP contribution is -2.31. The Labute approximate surface area is 150 Å². The minimum Gasteiger partial charge on any atom is -0.319 e. The van der Waals surface area contributed by atoms with Crippen LogP contribution in [-0.2, 0) is 4.84 Å². The predicted octanol–water partition coefficient (Wildman–Crippen LogP) is 5.42. The van der Waals surface area contributed by atoms with Gasteiger partial charge >= 0.3 is 6.09 Å². The second-order valence-corrected chi connectivity index (χ2v) is 6.09. The molecule has 3 aromatic carbocycles. The topological polar surface area (TPSA) is 32.8 Å². The zero-order chi connectivity index (χ0) is 17.2. The minimum atomic E-state index is -0.431. The van der Waals surface area contributed by atoms with Gasteiger partial charge in [-0.05, 0) is 42.0 Å². The van der Waals surface area contributed by atoms with Crippen LogP contribution in [0.15, 0.2) is 84.9 Å². The van der Waals surface area contributed by atoms with Gasteiger partial charge < -0.3 is 4.84 Å². The molecule has 0 unspecified atom stereocenters. The lowest BCUT2D eigenvalue weighted by Gasteiger charge is -2.27. The van der Waals surface area contributed by atoms with Crippen LogP contribution in [0.5, 0.6) is 0 Å². The summed E-state index contributed by atoms with van der Waals surface area (Å²) in [4.78, 5) is 19.9. The molecule has 0 spiro atoms. The summed E-state index contributed by atoms with van der Waals surface area (Å²) >= 11 is 5.99. The Bertz CT molecular complexity index is 869. The maximum atomic E-state index is 12.7. The Kier molecular flexibility index (Phi) is 4.04. The highest BCUT2D eigenvalue weighted by molar-refractivity contribution is 6.30. The maximum absolute atomic E-state index is 12.7. The molecule has 5 heteroatoms. The van der Waals surface area contributed by atoms with Gasteiger partial charge in [-0.25, -0.2) is 9.69 Å². The number of carbonyl (C=O) groups excluding carboxylic acids is 1. The summed E-state index contributed by atoms with van der Waals surface area (Å²) in [6.45, 7) is 0. The predicted molar refractivity (Wildman–Crippen MR) is 98.5 cm³/mol. The highest BCUT2D eigenvalue weighted by atomic mass is 35.5. The number of benzene rings is 3. The fourth-order valence-corrected chi connectivity index (χ4v) is 3.04. The zero-order valence-electron chi connectivity index (χ0n) is 13.2. The van der Waals surface area contributed by atoms with Gasteiger partial charge in [0.2, 0.25) is 0 Å². The molecule has 1 fully saturated rings. The summed E-state index contributed by atoms with van der Waals surface area (Å²) in [5.41, 5.74) is 2.48. The molecule has 0 radical (unpaired) electrons. The largest absolute Gasteiger partial charge is 0.440 e. The van der Waals surface area contributed by atoms with E-state index < -0.39 is 12.3 Å². The van der Waals surface area contributed by atoms with Crippen molar-refractivity contribution in [2.24, 2.45) is 0 Å². The molecule has 4 nitrogen and oxygen atoms in total. The molecule has 0 N–H and O–H groups in total. The summed E-state index contributed by atoms with van der Waals surface area (Å²) in [5, 5.41) is 2.25. The van der Waals surface area contributed by atoms with Crippen molar-refractivity contribution >= 4 is 29.1 Å². The van der Waals surface area contributed by atoms with Crippen molar-refractivity contribution in [1.29, 1.82) is 0 Å². The fourth-order valence-electron chi connectivity index (χ4n) is 2.91. The molecule has 1 aliphatic heterocycles. The summed E-state index contributed by atoms with van der Waals surface area (Å²) in [7, 11) is 0. The number of carbonyl (C=O) groups is 1. The van der Waals surface area contributed by atoms with Crippen LogP contribution in [0.3, 0.4) is 0 Å². The van der Waals surface area contributed by atoms with Crippen LogP contribution in [0.1, 0.15) is 11.7 Å². The lowest BCUT2D eigenvalue weighted by molar-refractivity contribution is 0.164. The quantitative estimate of drug-likeness (QED) is 0.632. The first-order chi connectivity index (χ1) is 12.2. The van der Waals surface area contributed by atoms with E-state index in [0.717, 1.165) is 16.9 Å². The number of nitrogens with zero attached hydrogens (tertiary/aromatic N) is 2. The van der Waals surface area contributed by atoms with Gasteiger partial charge in [0.1, 0.15) is 0 Å². The molecular formula is C20H15ClN2O2. The number of rotatable bonds is 3. The van der Waals surface area contributed by atoms with E-state index in [1.165, 1.54) is 0 Å². The van der Waals surface area contributed by atoms with E-state index in [-0.39, 0.29) is 0 Å². The Hall–Kier alpha value is -2.98. The summed E-state index contributed by atoms with van der Waals surface area (Å²) in [5.74, 6) is 0. The van der Waals surface area contributed by atoms with Gasteiger partial charge in [-0.2, -0.15) is 5.06 Å².